The molecule has 0 aliphatic rings. The van der Waals surface area contributed by atoms with Gasteiger partial charge in [-0.05, 0) is 0 Å². The van der Waals surface area contributed by atoms with Crippen LogP contribution < -0.4 is 345 Å². The molecule has 0 bridgehead atoms. The smallest absolute Gasteiger partial charge is 0.822 e. The Morgan fingerprint density at radius 3 is 0.157 bits per heavy atom. The van der Waals surface area contributed by atoms with E-state index in [1.54, 1.807) is 0 Å². The van der Waals surface area contributed by atoms with E-state index in [1.807, 2.05) is 0 Å². The molecule has 0 amide bonds. The van der Waals surface area contributed by atoms with Gasteiger partial charge >= 0.3 is 358 Å². The van der Waals surface area contributed by atoms with E-state index >= 15 is 0 Å². The standard InChI is InChI=1S/10Na.12H3O4P/c;;;;;;;;;;12*1-5(2,3)4/h;;;;;;;;;;12*(H3,1,2,3,4)/q10*+1;;;;;;;;;;;;/p-10. The number of phosphoric acid groups is 12. The summed E-state index contributed by atoms with van der Waals surface area (Å²) in [5, 5.41) is 0. The topological polar surface area (TPSA) is 961 Å². The summed E-state index contributed by atoms with van der Waals surface area (Å²) in [6.07, 6.45) is 0. The van der Waals surface area contributed by atoms with Gasteiger partial charge in [0.1, 0.15) is 0 Å². The van der Waals surface area contributed by atoms with Crippen molar-refractivity contribution in [3.63, 3.8) is 0 Å². The number of rotatable bonds is 0. The summed E-state index contributed by atoms with van der Waals surface area (Å²) in [7, 11) is -58.2. The van der Waals surface area contributed by atoms with Crippen molar-refractivity contribution >= 4 is 93.9 Å². The van der Waals surface area contributed by atoms with Crippen LogP contribution in [-0.2, 0) is 54.8 Å². The van der Waals surface area contributed by atoms with Gasteiger partial charge in [-0.25, -0.2) is 36.5 Å². The Labute approximate surface area is 609 Å². The molecule has 48 nitrogen and oxygen atoms in total. The predicted molar refractivity (Wildman–Crippen MR) is 149 cm³/mol. The summed E-state index contributed by atoms with van der Waals surface area (Å²) in [4.78, 5) is 272. The molecular formula is H26Na10O48P12. The molecule has 0 radical (unpaired) electrons. The molecule has 384 valence electrons. The van der Waals surface area contributed by atoms with Crippen molar-refractivity contribution in [1.82, 2.24) is 0 Å². The fourth-order valence-corrected chi connectivity index (χ4v) is 0. The third-order valence-corrected chi connectivity index (χ3v) is 0. The van der Waals surface area contributed by atoms with Crippen LogP contribution in [0, 0.1) is 0 Å². The molecule has 0 aromatic rings. The molecule has 0 aromatic carbocycles. The third-order valence-electron chi connectivity index (χ3n) is 0. The second-order valence-corrected chi connectivity index (χ2v) is 17.8. The summed E-state index contributed by atoms with van der Waals surface area (Å²) in [5.41, 5.74) is 0. The molecule has 0 aromatic heterocycles. The van der Waals surface area contributed by atoms with Gasteiger partial charge in [-0.2, -0.15) is 23.5 Å². The predicted octanol–water partition coefficient (Wildman–Crippen LogP) is -47.4. The summed E-state index contributed by atoms with van der Waals surface area (Å²) in [5.74, 6) is 0. The van der Waals surface area contributed by atoms with E-state index in [0.29, 0.717) is 0 Å². The average Bonchev–Trinajstić information content (AvgIpc) is 2.48. The van der Waals surface area contributed by atoms with E-state index in [2.05, 4.69) is 0 Å². The number of hydrogen-bond donors (Lipinski definition) is 26. The monoisotopic (exact) mass is 1400 g/mol. The van der Waals surface area contributed by atoms with Crippen LogP contribution >= 0.6 is 93.9 Å². The van der Waals surface area contributed by atoms with Crippen LogP contribution in [0.3, 0.4) is 0 Å². The van der Waals surface area contributed by atoms with E-state index in [9.17, 15) is 0 Å². The van der Waals surface area contributed by atoms with Gasteiger partial charge in [0, 0.05) is 0 Å². The normalized spacial score (nSPS) is 10.1. The third kappa shape index (κ3) is 3800. The van der Waals surface area contributed by atoms with Crippen LogP contribution in [0.2, 0.25) is 0 Å². The van der Waals surface area contributed by atoms with Gasteiger partial charge in [0.2, 0.25) is 0 Å². The maximum absolute atomic E-state index is 8.88. The molecule has 0 saturated heterocycles. The molecule has 0 unspecified atom stereocenters. The Morgan fingerprint density at radius 2 is 0.157 bits per heavy atom. The Kier molecular flexibility index (Phi) is 155. The fraction of sp³-hybridized carbons (Fsp3) is 0. The maximum atomic E-state index is 8.88. The van der Waals surface area contributed by atoms with Crippen molar-refractivity contribution in [3.05, 3.63) is 0 Å². The molecule has 0 atom stereocenters. The summed E-state index contributed by atoms with van der Waals surface area (Å²) in [6.45, 7) is 0. The van der Waals surface area contributed by atoms with Gasteiger partial charge in [-0.1, -0.05) is 0 Å². The summed E-state index contributed by atoms with van der Waals surface area (Å²) in [6, 6.07) is 0. The van der Waals surface area contributed by atoms with Crippen LogP contribution in [-0.4, -0.2) is 127 Å². The van der Waals surface area contributed by atoms with E-state index < -0.39 is 93.9 Å². The van der Waals surface area contributed by atoms with Crippen LogP contribution in [0.25, 0.3) is 0 Å². The number of hydrogen-bond acceptors (Lipinski definition) is 22. The van der Waals surface area contributed by atoms with Gasteiger partial charge in [-0.15, -0.1) is 0 Å². The quantitative estimate of drug-likeness (QED) is 0.0791. The molecule has 70 heavy (non-hydrogen) atoms. The van der Waals surface area contributed by atoms with Crippen molar-refractivity contribution in [2.45, 2.75) is 0 Å². The largest absolute Gasteiger partial charge is 1.00 e. The first kappa shape index (κ1) is 149. The summed E-state index contributed by atoms with van der Waals surface area (Å²) < 4.78 is 105. The molecule has 26 N–H and O–H groups in total. The van der Waals surface area contributed by atoms with Crippen molar-refractivity contribution in [2.24, 2.45) is 0 Å². The Hall–Kier alpha value is 11.3. The van der Waals surface area contributed by atoms with E-state index in [-0.39, 0.29) is 296 Å². The van der Waals surface area contributed by atoms with Crippen molar-refractivity contribution in [2.75, 3.05) is 0 Å². The zero-order chi connectivity index (χ0) is 54.0. The van der Waals surface area contributed by atoms with Crippen molar-refractivity contribution < 1.29 is 527 Å². The molecule has 0 fully saturated rings. The molecular weight excluding hydrogens is 1370 g/mol. The molecule has 70 heteroatoms. The molecule has 0 aliphatic heterocycles. The van der Waals surface area contributed by atoms with Gasteiger partial charge in [0.25, 0.3) is 7.82 Å². The Bertz CT molecular complexity index is 1070. The molecule has 0 spiro atoms. The van der Waals surface area contributed by atoms with Gasteiger partial charge in [-0.3, -0.25) is 4.57 Å². The molecule has 0 saturated carbocycles. The van der Waals surface area contributed by atoms with Crippen LogP contribution in [0.1, 0.15) is 0 Å². The Balaban J connectivity index is -0.0000000177. The molecule has 0 aliphatic carbocycles. The first-order valence-corrected chi connectivity index (χ1v) is 27.6. The van der Waals surface area contributed by atoms with E-state index in [4.69, 9.17) is 231 Å². The average molecular weight is 1400 g/mol. The first-order chi connectivity index (χ1) is 24.0. The minimum absolute atomic E-state index is 0. The van der Waals surface area contributed by atoms with E-state index in [0.717, 1.165) is 0 Å². The Morgan fingerprint density at radius 1 is 0.157 bits per heavy atom. The fourth-order valence-electron chi connectivity index (χ4n) is 0. The van der Waals surface area contributed by atoms with Gasteiger partial charge in [0.05, 0.1) is 0 Å². The van der Waals surface area contributed by atoms with Gasteiger partial charge in [0.15, 0.2) is 0 Å². The van der Waals surface area contributed by atoms with Crippen molar-refractivity contribution in [1.29, 1.82) is 0 Å². The van der Waals surface area contributed by atoms with Gasteiger partial charge < -0.3 is 190 Å². The summed E-state index contributed by atoms with van der Waals surface area (Å²) >= 11 is 0. The van der Waals surface area contributed by atoms with Crippen molar-refractivity contribution in [3.8, 4) is 0 Å². The molecule has 0 heterocycles. The van der Waals surface area contributed by atoms with Crippen LogP contribution in [0.4, 0.5) is 0 Å². The zero-order valence-corrected chi connectivity index (χ0v) is 66.7. The second-order valence-electron chi connectivity index (χ2n) is 5.94. The SMILES string of the molecule is O=P(O)(O)O.O=P(O)(O)O.O=P(O)(O)O.O=P(O)(O)O.O=P(O)(O)O.O=P(O)(O)O.O=P(O)(O)O.O=P(O)(O)O.O=P([O-])(O)O.O=P([O-])([O-])[O-].O=P([O-])([O-])[O-].O=P([O-])([O-])[O-].[Na+].[Na+].[Na+].[Na+].[Na+].[Na+].[Na+].[Na+].[Na+].[Na+]. The maximum Gasteiger partial charge on any atom is 1.00 e. The first-order valence-electron chi connectivity index (χ1n) is 9.22. The minimum atomic E-state index is -5.39. The zero-order valence-electron chi connectivity index (χ0n) is 36.0. The minimum Gasteiger partial charge on any atom is -0.822 e. The van der Waals surface area contributed by atoms with Crippen LogP contribution in [0.15, 0.2) is 0 Å². The molecule has 0 rings (SSSR count). The second kappa shape index (κ2) is 72.8. The van der Waals surface area contributed by atoms with E-state index in [1.165, 1.54) is 0 Å². The van der Waals surface area contributed by atoms with Crippen LogP contribution in [0.5, 0.6) is 0 Å².